The number of anilines is 1. The summed E-state index contributed by atoms with van der Waals surface area (Å²) in [4.78, 5) is 0. The first kappa shape index (κ1) is 18.8. The van der Waals surface area contributed by atoms with Crippen LogP contribution in [0.2, 0.25) is 5.02 Å². The number of rotatable bonds is 5. The van der Waals surface area contributed by atoms with Gasteiger partial charge in [-0.1, -0.05) is 30.5 Å². The van der Waals surface area contributed by atoms with E-state index in [0.717, 1.165) is 48.4 Å². The van der Waals surface area contributed by atoms with E-state index in [1.165, 1.54) is 0 Å². The van der Waals surface area contributed by atoms with Crippen LogP contribution in [0.3, 0.4) is 0 Å². The van der Waals surface area contributed by atoms with Crippen molar-refractivity contribution < 1.29 is 9.47 Å². The molecule has 0 aliphatic heterocycles. The lowest BCUT2D eigenvalue weighted by atomic mass is 9.88. The van der Waals surface area contributed by atoms with Crippen LogP contribution in [0.1, 0.15) is 31.2 Å². The Morgan fingerprint density at radius 1 is 1.00 bits per heavy atom. The van der Waals surface area contributed by atoms with Gasteiger partial charge in [0.1, 0.15) is 0 Å². The van der Waals surface area contributed by atoms with Crippen LogP contribution in [0.25, 0.3) is 0 Å². The van der Waals surface area contributed by atoms with Crippen molar-refractivity contribution in [1.29, 1.82) is 0 Å². The largest absolute Gasteiger partial charge is 0.493 e. The zero-order valence-corrected chi connectivity index (χ0v) is 16.5. The van der Waals surface area contributed by atoms with E-state index >= 15 is 0 Å². The van der Waals surface area contributed by atoms with Crippen molar-refractivity contribution in [2.75, 3.05) is 19.5 Å². The minimum atomic E-state index is -0.198. The molecular formula is C20H23ClN2O2S. The van der Waals surface area contributed by atoms with E-state index in [-0.39, 0.29) is 5.54 Å². The summed E-state index contributed by atoms with van der Waals surface area (Å²) >= 11 is 11.5. The molecule has 1 aliphatic carbocycles. The van der Waals surface area contributed by atoms with Gasteiger partial charge in [0.2, 0.25) is 0 Å². The first-order valence-electron chi connectivity index (χ1n) is 8.63. The maximum Gasteiger partial charge on any atom is 0.171 e. The third-order valence-corrected chi connectivity index (χ3v) is 5.30. The van der Waals surface area contributed by atoms with E-state index in [4.69, 9.17) is 33.3 Å². The highest BCUT2D eigenvalue weighted by Gasteiger charge is 2.36. The second-order valence-electron chi connectivity index (χ2n) is 6.44. The van der Waals surface area contributed by atoms with Crippen LogP contribution in [-0.2, 0) is 5.54 Å². The van der Waals surface area contributed by atoms with Gasteiger partial charge in [0.25, 0.3) is 0 Å². The lowest BCUT2D eigenvalue weighted by Gasteiger charge is -2.33. The first-order valence-corrected chi connectivity index (χ1v) is 9.42. The molecule has 4 nitrogen and oxygen atoms in total. The lowest BCUT2D eigenvalue weighted by Crippen LogP contribution is -2.45. The number of benzene rings is 2. The molecule has 1 aliphatic rings. The van der Waals surface area contributed by atoms with Gasteiger partial charge in [0, 0.05) is 10.7 Å². The Labute approximate surface area is 164 Å². The molecule has 0 bridgehead atoms. The molecule has 0 unspecified atom stereocenters. The SMILES string of the molecule is COc1ccc(C2(NC(=S)Nc3ccc(Cl)cc3)CCCC2)cc1OC. The van der Waals surface area contributed by atoms with Gasteiger partial charge < -0.3 is 20.1 Å². The average Bonchev–Trinajstić information content (AvgIpc) is 3.12. The minimum Gasteiger partial charge on any atom is -0.493 e. The smallest absolute Gasteiger partial charge is 0.171 e. The Morgan fingerprint density at radius 3 is 2.27 bits per heavy atom. The minimum absolute atomic E-state index is 0.198. The van der Waals surface area contributed by atoms with Crippen LogP contribution in [0.4, 0.5) is 5.69 Å². The number of thiocarbonyl (C=S) groups is 1. The Balaban J connectivity index is 1.81. The molecule has 1 fully saturated rings. The molecule has 0 amide bonds. The van der Waals surface area contributed by atoms with Crippen molar-refractivity contribution in [3.63, 3.8) is 0 Å². The van der Waals surface area contributed by atoms with Gasteiger partial charge in [-0.3, -0.25) is 0 Å². The van der Waals surface area contributed by atoms with Crippen molar-refractivity contribution in [2.45, 2.75) is 31.2 Å². The summed E-state index contributed by atoms with van der Waals surface area (Å²) in [6.07, 6.45) is 4.35. The molecule has 0 saturated heterocycles. The number of halogens is 1. The predicted molar refractivity (Wildman–Crippen MR) is 111 cm³/mol. The molecule has 138 valence electrons. The molecule has 0 spiro atoms. The van der Waals surface area contributed by atoms with E-state index in [0.29, 0.717) is 10.1 Å². The summed E-state index contributed by atoms with van der Waals surface area (Å²) in [6, 6.07) is 13.6. The molecule has 0 radical (unpaired) electrons. The molecule has 6 heteroatoms. The van der Waals surface area contributed by atoms with Gasteiger partial charge in [-0.2, -0.15) is 0 Å². The Kier molecular flexibility index (Phi) is 5.89. The molecule has 3 rings (SSSR count). The summed E-state index contributed by atoms with van der Waals surface area (Å²) in [6.45, 7) is 0. The number of hydrogen-bond acceptors (Lipinski definition) is 3. The van der Waals surface area contributed by atoms with Gasteiger partial charge in [-0.15, -0.1) is 0 Å². The van der Waals surface area contributed by atoms with Crippen LogP contribution in [0.15, 0.2) is 42.5 Å². The highest BCUT2D eigenvalue weighted by Crippen LogP contribution is 2.41. The standard InChI is InChI=1S/C20H23ClN2O2S/c1-24-17-10-5-14(13-18(17)25-2)20(11-3-4-12-20)23-19(26)22-16-8-6-15(21)7-9-16/h5-10,13H,3-4,11-12H2,1-2H3,(H2,22,23,26). The van der Waals surface area contributed by atoms with E-state index in [1.807, 2.05) is 36.4 Å². The van der Waals surface area contributed by atoms with Gasteiger partial charge in [-0.25, -0.2) is 0 Å². The predicted octanol–water partition coefficient (Wildman–Crippen LogP) is 5.11. The Bertz CT molecular complexity index is 774. The summed E-state index contributed by atoms with van der Waals surface area (Å²) in [5.74, 6) is 1.46. The zero-order valence-electron chi connectivity index (χ0n) is 15.0. The van der Waals surface area contributed by atoms with Crippen molar-refractivity contribution >= 4 is 34.6 Å². The van der Waals surface area contributed by atoms with E-state index < -0.39 is 0 Å². The van der Waals surface area contributed by atoms with Gasteiger partial charge in [0.05, 0.1) is 19.8 Å². The average molecular weight is 391 g/mol. The zero-order chi connectivity index (χ0) is 18.6. The van der Waals surface area contributed by atoms with Crippen LogP contribution >= 0.6 is 23.8 Å². The van der Waals surface area contributed by atoms with Gasteiger partial charge >= 0.3 is 0 Å². The quantitative estimate of drug-likeness (QED) is 0.694. The highest BCUT2D eigenvalue weighted by molar-refractivity contribution is 7.80. The second-order valence-corrected chi connectivity index (χ2v) is 7.29. The molecule has 0 heterocycles. The lowest BCUT2D eigenvalue weighted by molar-refractivity contribution is 0.350. The van der Waals surface area contributed by atoms with Crippen molar-refractivity contribution in [3.05, 3.63) is 53.1 Å². The van der Waals surface area contributed by atoms with E-state index in [9.17, 15) is 0 Å². The summed E-state index contributed by atoms with van der Waals surface area (Å²) in [5.41, 5.74) is 1.87. The fourth-order valence-electron chi connectivity index (χ4n) is 3.51. The van der Waals surface area contributed by atoms with Crippen LogP contribution in [0.5, 0.6) is 11.5 Å². The Hall–Kier alpha value is -1.98. The third-order valence-electron chi connectivity index (χ3n) is 4.85. The van der Waals surface area contributed by atoms with E-state index in [1.54, 1.807) is 14.2 Å². The molecule has 0 aromatic heterocycles. The second kappa shape index (κ2) is 8.14. The number of hydrogen-bond donors (Lipinski definition) is 2. The van der Waals surface area contributed by atoms with Gasteiger partial charge in [0.15, 0.2) is 16.6 Å². The molecule has 2 N–H and O–H groups in total. The van der Waals surface area contributed by atoms with Gasteiger partial charge in [-0.05, 0) is 67.0 Å². The van der Waals surface area contributed by atoms with Crippen LogP contribution < -0.4 is 20.1 Å². The van der Waals surface area contributed by atoms with Crippen molar-refractivity contribution in [3.8, 4) is 11.5 Å². The number of methoxy groups -OCH3 is 2. The summed E-state index contributed by atoms with van der Waals surface area (Å²) in [5, 5.41) is 8.10. The molecule has 1 saturated carbocycles. The Morgan fingerprint density at radius 2 is 1.65 bits per heavy atom. The topological polar surface area (TPSA) is 42.5 Å². The molecule has 2 aromatic rings. The number of nitrogens with one attached hydrogen (secondary N) is 2. The molecule has 0 atom stereocenters. The highest BCUT2D eigenvalue weighted by atomic mass is 35.5. The monoisotopic (exact) mass is 390 g/mol. The molecule has 26 heavy (non-hydrogen) atoms. The maximum absolute atomic E-state index is 5.94. The molecular weight excluding hydrogens is 368 g/mol. The van der Waals surface area contributed by atoms with Crippen LogP contribution in [0, 0.1) is 0 Å². The fourth-order valence-corrected chi connectivity index (χ4v) is 3.95. The van der Waals surface area contributed by atoms with Crippen molar-refractivity contribution in [2.24, 2.45) is 0 Å². The third kappa shape index (κ3) is 4.05. The van der Waals surface area contributed by atoms with Crippen LogP contribution in [-0.4, -0.2) is 19.3 Å². The maximum atomic E-state index is 5.94. The molecule has 2 aromatic carbocycles. The normalized spacial score (nSPS) is 15.3. The summed E-state index contributed by atoms with van der Waals surface area (Å²) in [7, 11) is 3.30. The van der Waals surface area contributed by atoms with Crippen molar-refractivity contribution in [1.82, 2.24) is 5.32 Å². The number of ether oxygens (including phenoxy) is 2. The summed E-state index contributed by atoms with van der Waals surface area (Å²) < 4.78 is 10.8. The first-order chi connectivity index (χ1) is 12.6. The van der Waals surface area contributed by atoms with E-state index in [2.05, 4.69) is 16.7 Å². The fraction of sp³-hybridized carbons (Fsp3) is 0.350.